The van der Waals surface area contributed by atoms with E-state index in [1.165, 1.54) is 12.1 Å². The minimum Gasteiger partial charge on any atom is -0.478 e. The van der Waals surface area contributed by atoms with E-state index in [1.54, 1.807) is 25.3 Å². The van der Waals surface area contributed by atoms with Crippen molar-refractivity contribution >= 4 is 17.0 Å². The lowest BCUT2D eigenvalue weighted by molar-refractivity contribution is 0.0489. The molecule has 4 aromatic carbocycles. The van der Waals surface area contributed by atoms with Gasteiger partial charge in [-0.3, -0.25) is 0 Å². The molecule has 0 bridgehead atoms. The molecule has 8 heteroatoms. The molecule has 40 heavy (non-hydrogen) atoms. The third kappa shape index (κ3) is 4.78. The van der Waals surface area contributed by atoms with Gasteiger partial charge in [-0.25, -0.2) is 14.2 Å². The van der Waals surface area contributed by atoms with Crippen LogP contribution in [0, 0.1) is 12.7 Å². The van der Waals surface area contributed by atoms with E-state index in [9.17, 15) is 9.90 Å². The molecule has 7 nitrogen and oxygen atoms in total. The number of rotatable bonds is 8. The van der Waals surface area contributed by atoms with Crippen LogP contribution in [0.5, 0.6) is 11.5 Å². The van der Waals surface area contributed by atoms with Crippen LogP contribution in [0.4, 0.5) is 4.39 Å². The van der Waals surface area contributed by atoms with Gasteiger partial charge in [0.1, 0.15) is 11.6 Å². The largest absolute Gasteiger partial charge is 0.478 e. The summed E-state index contributed by atoms with van der Waals surface area (Å²) in [4.78, 5) is 16.2. The van der Waals surface area contributed by atoms with Gasteiger partial charge in [0, 0.05) is 31.2 Å². The topological polar surface area (TPSA) is 82.8 Å². The van der Waals surface area contributed by atoms with Crippen molar-refractivity contribution in [1.29, 1.82) is 0 Å². The van der Waals surface area contributed by atoms with Gasteiger partial charge in [0.05, 0.1) is 23.2 Å². The molecule has 0 aliphatic carbocycles. The lowest BCUT2D eigenvalue weighted by atomic mass is 10.0. The number of benzene rings is 4. The van der Waals surface area contributed by atoms with Crippen molar-refractivity contribution in [3.63, 3.8) is 0 Å². The Balaban J connectivity index is 1.30. The zero-order valence-corrected chi connectivity index (χ0v) is 22.1. The summed E-state index contributed by atoms with van der Waals surface area (Å²) in [6, 6.07) is 23.5. The molecule has 2 heterocycles. The first-order chi connectivity index (χ1) is 19.4. The van der Waals surface area contributed by atoms with Crippen LogP contribution >= 0.6 is 0 Å². The summed E-state index contributed by atoms with van der Waals surface area (Å²) in [6.45, 7) is 2.89. The van der Waals surface area contributed by atoms with Crippen LogP contribution in [0.2, 0.25) is 0 Å². The van der Waals surface area contributed by atoms with Gasteiger partial charge in [-0.15, -0.1) is 0 Å². The highest BCUT2D eigenvalue weighted by Crippen LogP contribution is 2.46. The number of ether oxygens (including phenoxy) is 3. The number of aromatic nitrogens is 2. The highest BCUT2D eigenvalue weighted by molar-refractivity contribution is 5.92. The van der Waals surface area contributed by atoms with Crippen molar-refractivity contribution in [2.24, 2.45) is 0 Å². The fourth-order valence-electron chi connectivity index (χ4n) is 4.96. The molecule has 0 saturated carbocycles. The van der Waals surface area contributed by atoms with Crippen molar-refractivity contribution in [3.8, 4) is 22.6 Å². The second-order valence-electron chi connectivity index (χ2n) is 9.78. The van der Waals surface area contributed by atoms with Gasteiger partial charge >= 0.3 is 5.97 Å². The highest BCUT2D eigenvalue weighted by atomic mass is 19.1. The lowest BCUT2D eigenvalue weighted by Crippen LogP contribution is -2.10. The van der Waals surface area contributed by atoms with Crippen LogP contribution in [0.3, 0.4) is 0 Å². The van der Waals surface area contributed by atoms with Gasteiger partial charge in [-0.05, 0) is 48.4 Å². The Hall–Kier alpha value is -4.69. The number of para-hydroxylation sites is 1. The summed E-state index contributed by atoms with van der Waals surface area (Å²) in [6.07, 6.45) is -0.336. The van der Waals surface area contributed by atoms with Crippen LogP contribution in [-0.2, 0) is 17.7 Å². The Morgan fingerprint density at radius 3 is 2.62 bits per heavy atom. The van der Waals surface area contributed by atoms with E-state index >= 15 is 4.39 Å². The van der Waals surface area contributed by atoms with Crippen LogP contribution in [0.15, 0.2) is 78.9 Å². The number of carbonyl (C=O) groups is 1. The molecule has 0 radical (unpaired) electrons. The predicted octanol–water partition coefficient (Wildman–Crippen LogP) is 6.56. The summed E-state index contributed by atoms with van der Waals surface area (Å²) >= 11 is 0. The average Bonchev–Trinajstić information content (AvgIpc) is 3.54. The zero-order chi connectivity index (χ0) is 27.8. The number of halogens is 1. The summed E-state index contributed by atoms with van der Waals surface area (Å²) in [5.41, 5.74) is 5.42. The molecule has 1 unspecified atom stereocenters. The first-order valence-corrected chi connectivity index (χ1v) is 12.9. The molecule has 1 atom stereocenters. The molecule has 0 saturated heterocycles. The average molecular weight is 539 g/mol. The first-order valence-electron chi connectivity index (χ1n) is 12.9. The molecular weight excluding hydrogens is 511 g/mol. The molecule has 1 aromatic heterocycles. The number of hydrogen-bond acceptors (Lipinski definition) is 5. The van der Waals surface area contributed by atoms with Gasteiger partial charge in [-0.1, -0.05) is 54.1 Å². The Kier molecular flexibility index (Phi) is 6.69. The molecule has 1 aliphatic rings. The van der Waals surface area contributed by atoms with Gasteiger partial charge in [-0.2, -0.15) is 0 Å². The van der Waals surface area contributed by atoms with E-state index < -0.39 is 12.3 Å². The maximum absolute atomic E-state index is 15.6. The predicted molar refractivity (Wildman–Crippen MR) is 148 cm³/mol. The van der Waals surface area contributed by atoms with Crippen molar-refractivity contribution in [1.82, 2.24) is 9.55 Å². The molecule has 1 N–H and O–H groups in total. The summed E-state index contributed by atoms with van der Waals surface area (Å²) in [7, 11) is 1.60. The monoisotopic (exact) mass is 538 g/mol. The molecule has 0 fully saturated rings. The zero-order valence-electron chi connectivity index (χ0n) is 22.1. The van der Waals surface area contributed by atoms with Crippen LogP contribution in [0.1, 0.15) is 39.2 Å². The number of fused-ring (bicyclic) bond motifs is 2. The molecule has 6 rings (SSSR count). The molecular formula is C32H27FN2O5. The van der Waals surface area contributed by atoms with E-state index in [-0.39, 0.29) is 17.8 Å². The number of aryl methyl sites for hydroxylation is 1. The number of aromatic carboxylic acids is 1. The maximum Gasteiger partial charge on any atom is 0.335 e. The van der Waals surface area contributed by atoms with Crippen molar-refractivity contribution in [3.05, 3.63) is 113 Å². The van der Waals surface area contributed by atoms with E-state index in [4.69, 9.17) is 14.2 Å². The van der Waals surface area contributed by atoms with Gasteiger partial charge in [0.2, 0.25) is 0 Å². The fraction of sp³-hybridized carbons (Fsp3) is 0.188. The number of carboxylic acids is 1. The lowest BCUT2D eigenvalue weighted by Gasteiger charge is -2.12. The second-order valence-corrected chi connectivity index (χ2v) is 9.78. The molecule has 0 amide bonds. The maximum atomic E-state index is 15.6. The Labute approximate surface area is 230 Å². The molecule has 5 aromatic rings. The standard InChI is InChI=1S/C32H27FN2O5/c1-19-6-8-20(9-7-19)32-39-28-5-3-4-24(30(28)40-32)21-10-11-22(25(33)16-21)18-29-34-26-13-12-23(31(36)37)17-27(26)35(29)14-15-38-2/h3-13,16-17,32H,14-15,18H2,1-2H3,(H,36,37). The minimum atomic E-state index is -1.02. The quantitative estimate of drug-likeness (QED) is 0.241. The molecule has 0 spiro atoms. The van der Waals surface area contributed by atoms with E-state index in [1.807, 2.05) is 60.0 Å². The number of carboxylic acid groups (broad SMARTS) is 1. The van der Waals surface area contributed by atoms with Crippen molar-refractivity contribution in [2.75, 3.05) is 13.7 Å². The normalized spacial score (nSPS) is 14.1. The number of nitrogens with zero attached hydrogens (tertiary/aromatic N) is 2. The smallest absolute Gasteiger partial charge is 0.335 e. The van der Waals surface area contributed by atoms with Crippen molar-refractivity contribution in [2.45, 2.75) is 26.2 Å². The second kappa shape index (κ2) is 10.5. The molecule has 202 valence electrons. The van der Waals surface area contributed by atoms with Gasteiger partial charge in [0.25, 0.3) is 6.29 Å². The Morgan fingerprint density at radius 2 is 1.88 bits per heavy atom. The Bertz CT molecular complexity index is 1730. The highest BCUT2D eigenvalue weighted by Gasteiger charge is 2.28. The summed E-state index contributed by atoms with van der Waals surface area (Å²) in [5.74, 6) is 0.424. The van der Waals surface area contributed by atoms with Gasteiger partial charge < -0.3 is 23.9 Å². The van der Waals surface area contributed by atoms with Crippen LogP contribution in [0.25, 0.3) is 22.2 Å². The van der Waals surface area contributed by atoms with E-state index in [0.717, 1.165) is 16.7 Å². The first kappa shape index (κ1) is 25.6. The summed E-state index contributed by atoms with van der Waals surface area (Å²) in [5, 5.41) is 9.43. The van der Waals surface area contributed by atoms with Crippen LogP contribution < -0.4 is 9.47 Å². The Morgan fingerprint density at radius 1 is 1.05 bits per heavy atom. The summed E-state index contributed by atoms with van der Waals surface area (Å²) < 4.78 is 34.9. The van der Waals surface area contributed by atoms with Gasteiger partial charge in [0.15, 0.2) is 11.5 Å². The number of hydrogen-bond donors (Lipinski definition) is 1. The fourth-order valence-corrected chi connectivity index (χ4v) is 4.96. The number of methoxy groups -OCH3 is 1. The van der Waals surface area contributed by atoms with Crippen LogP contribution in [-0.4, -0.2) is 34.3 Å². The van der Waals surface area contributed by atoms with E-state index in [2.05, 4.69) is 4.98 Å². The minimum absolute atomic E-state index is 0.166. The SMILES string of the molecule is COCCn1c(Cc2ccc(-c3cccc4c3OC(c3ccc(C)cc3)O4)cc2F)nc2ccc(C(=O)O)cc21. The number of imidazole rings is 1. The third-order valence-electron chi connectivity index (χ3n) is 7.09. The van der Waals surface area contributed by atoms with E-state index in [0.29, 0.717) is 52.6 Å². The van der Waals surface area contributed by atoms with Crippen molar-refractivity contribution < 1.29 is 28.5 Å². The third-order valence-corrected chi connectivity index (χ3v) is 7.09. The molecule has 1 aliphatic heterocycles.